The average molecular weight is 306 g/mol. The van der Waals surface area contributed by atoms with Crippen molar-refractivity contribution in [3.8, 4) is 0 Å². The van der Waals surface area contributed by atoms with Gasteiger partial charge in [0.05, 0.1) is 0 Å². The highest BCUT2D eigenvalue weighted by atomic mass is 19.1. The van der Waals surface area contributed by atoms with Crippen molar-refractivity contribution in [3.05, 3.63) is 40.9 Å². The Balaban J connectivity index is 2.20. The fourth-order valence-corrected chi connectivity index (χ4v) is 3.60. The van der Waals surface area contributed by atoms with Crippen LogP contribution in [0, 0.1) is 11.0 Å². The van der Waals surface area contributed by atoms with Crippen LogP contribution in [0.2, 0.25) is 0 Å². The molecule has 1 aliphatic carbocycles. The quantitative estimate of drug-likeness (QED) is 0.639. The molecule has 1 N–H and O–H groups in total. The largest absolute Gasteiger partial charge is 0.622 e. The third-order valence-corrected chi connectivity index (χ3v) is 4.74. The van der Waals surface area contributed by atoms with E-state index < -0.39 is 17.0 Å². The molecule has 1 aliphatic heterocycles. The predicted molar refractivity (Wildman–Crippen MR) is 78.0 cm³/mol. The first-order chi connectivity index (χ1) is 10.3. The van der Waals surface area contributed by atoms with E-state index in [1.54, 1.807) is 13.8 Å². The Kier molecular flexibility index (Phi) is 3.34. The van der Waals surface area contributed by atoms with Crippen LogP contribution in [-0.4, -0.2) is 37.7 Å². The Bertz CT molecular complexity index is 654. The van der Waals surface area contributed by atoms with Gasteiger partial charge in [-0.15, -0.1) is 5.06 Å². The van der Waals surface area contributed by atoms with Crippen molar-refractivity contribution < 1.29 is 19.1 Å². The molecule has 6 heteroatoms. The molecule has 0 saturated heterocycles. The van der Waals surface area contributed by atoms with Crippen molar-refractivity contribution >= 4 is 11.5 Å². The molecule has 1 atom stereocenters. The molecule has 0 radical (unpaired) electrons. The second-order valence-corrected chi connectivity index (χ2v) is 6.47. The van der Waals surface area contributed by atoms with Crippen molar-refractivity contribution in [2.24, 2.45) is 0 Å². The van der Waals surface area contributed by atoms with Crippen molar-refractivity contribution in [1.29, 1.82) is 0 Å². The van der Waals surface area contributed by atoms with Gasteiger partial charge in [-0.25, -0.2) is 4.39 Å². The van der Waals surface area contributed by atoms with Gasteiger partial charge >= 0.3 is 5.66 Å². The predicted octanol–water partition coefficient (Wildman–Crippen LogP) is 2.45. The lowest BCUT2D eigenvalue weighted by Crippen LogP contribution is -2.60. The van der Waals surface area contributed by atoms with E-state index >= 15 is 0 Å². The lowest BCUT2D eigenvalue weighted by atomic mass is 9.86. The Hall–Kier alpha value is -1.79. The van der Waals surface area contributed by atoms with Crippen LogP contribution >= 0.6 is 0 Å². The number of benzene rings is 1. The molecule has 1 spiro atoms. The van der Waals surface area contributed by atoms with Gasteiger partial charge in [-0.05, 0) is 51.0 Å². The van der Waals surface area contributed by atoms with E-state index in [4.69, 9.17) is 0 Å². The van der Waals surface area contributed by atoms with Crippen molar-refractivity contribution in [2.45, 2.75) is 50.7 Å². The monoisotopic (exact) mass is 306 g/mol. The molecule has 1 heterocycles. The van der Waals surface area contributed by atoms with Crippen LogP contribution in [0.15, 0.2) is 24.3 Å². The Morgan fingerprint density at radius 3 is 2.50 bits per heavy atom. The second kappa shape index (κ2) is 4.86. The molecular formula is C16H19FN2O3. The molecule has 1 saturated carbocycles. The number of nitrogens with zero attached hydrogens (tertiary/aromatic N) is 2. The van der Waals surface area contributed by atoms with E-state index in [1.165, 1.54) is 24.3 Å². The van der Waals surface area contributed by atoms with Crippen LogP contribution in [0.25, 0.3) is 0 Å². The summed E-state index contributed by atoms with van der Waals surface area (Å²) in [7, 11) is 0. The van der Waals surface area contributed by atoms with Crippen molar-refractivity contribution in [3.63, 3.8) is 0 Å². The molecule has 0 amide bonds. The minimum atomic E-state index is -1.55. The SMILES string of the molecule is CC1(C)C(c2ccc(F)cc2)=[N+]([O-])[C@]2(CCCCC2=O)N1O. The maximum Gasteiger partial charge on any atom is 0.310 e. The summed E-state index contributed by atoms with van der Waals surface area (Å²) in [5.74, 6) is -0.664. The first-order valence-electron chi connectivity index (χ1n) is 7.45. The number of hydroxylamine groups is 3. The molecule has 0 bridgehead atoms. The highest BCUT2D eigenvalue weighted by Gasteiger charge is 2.66. The summed E-state index contributed by atoms with van der Waals surface area (Å²) >= 11 is 0. The topological polar surface area (TPSA) is 66.6 Å². The minimum Gasteiger partial charge on any atom is -0.622 e. The fraction of sp³-hybridized carbons (Fsp3) is 0.500. The number of carbonyl (C=O) groups is 1. The summed E-state index contributed by atoms with van der Waals surface area (Å²) in [5, 5.41) is 24.5. The van der Waals surface area contributed by atoms with Gasteiger partial charge in [0, 0.05) is 18.4 Å². The zero-order valence-corrected chi connectivity index (χ0v) is 12.7. The van der Waals surface area contributed by atoms with Gasteiger partial charge < -0.3 is 10.4 Å². The van der Waals surface area contributed by atoms with E-state index in [2.05, 4.69) is 0 Å². The van der Waals surface area contributed by atoms with Gasteiger partial charge in [0.2, 0.25) is 11.5 Å². The number of hydrogen-bond donors (Lipinski definition) is 1. The van der Waals surface area contributed by atoms with Crippen LogP contribution in [-0.2, 0) is 4.79 Å². The molecule has 0 unspecified atom stereocenters. The number of rotatable bonds is 1. The Morgan fingerprint density at radius 1 is 1.27 bits per heavy atom. The van der Waals surface area contributed by atoms with E-state index in [1.807, 2.05) is 0 Å². The summed E-state index contributed by atoms with van der Waals surface area (Å²) in [4.78, 5) is 12.4. The van der Waals surface area contributed by atoms with E-state index in [0.29, 0.717) is 23.1 Å². The third-order valence-electron chi connectivity index (χ3n) is 4.74. The summed E-state index contributed by atoms with van der Waals surface area (Å²) in [6.45, 7) is 3.38. The number of hydrogen-bond acceptors (Lipinski definition) is 4. The Labute approximate surface area is 128 Å². The molecular weight excluding hydrogens is 287 g/mol. The molecule has 1 aromatic rings. The second-order valence-electron chi connectivity index (χ2n) is 6.47. The lowest BCUT2D eigenvalue weighted by Gasteiger charge is -2.36. The van der Waals surface area contributed by atoms with Crippen LogP contribution < -0.4 is 0 Å². The molecule has 2 aliphatic rings. The number of carbonyl (C=O) groups excluding carboxylic acids is 1. The lowest BCUT2D eigenvalue weighted by molar-refractivity contribution is -0.573. The molecule has 118 valence electrons. The number of halogens is 1. The van der Waals surface area contributed by atoms with Crippen molar-refractivity contribution in [1.82, 2.24) is 5.06 Å². The van der Waals surface area contributed by atoms with Crippen LogP contribution in [0.4, 0.5) is 4.39 Å². The maximum atomic E-state index is 13.1. The van der Waals surface area contributed by atoms with Gasteiger partial charge in [0.25, 0.3) is 0 Å². The molecule has 1 aromatic carbocycles. The summed E-state index contributed by atoms with van der Waals surface area (Å²) in [6.07, 6.45) is 2.01. The zero-order chi connectivity index (χ0) is 16.1. The number of ketones is 1. The van der Waals surface area contributed by atoms with Gasteiger partial charge in [0.1, 0.15) is 11.4 Å². The molecule has 0 aromatic heterocycles. The smallest absolute Gasteiger partial charge is 0.310 e. The average Bonchev–Trinajstić information content (AvgIpc) is 2.62. The first kappa shape index (κ1) is 15.1. The molecule has 1 fully saturated rings. The van der Waals surface area contributed by atoms with Gasteiger partial charge in [-0.1, -0.05) is 0 Å². The molecule has 22 heavy (non-hydrogen) atoms. The highest BCUT2D eigenvalue weighted by Crippen LogP contribution is 2.41. The highest BCUT2D eigenvalue weighted by molar-refractivity contribution is 6.06. The van der Waals surface area contributed by atoms with Crippen LogP contribution in [0.3, 0.4) is 0 Å². The molecule has 5 nitrogen and oxygen atoms in total. The normalized spacial score (nSPS) is 28.6. The van der Waals surface area contributed by atoms with Gasteiger partial charge in [-0.2, -0.15) is 4.74 Å². The maximum absolute atomic E-state index is 13.1. The van der Waals surface area contributed by atoms with Crippen molar-refractivity contribution in [2.75, 3.05) is 0 Å². The summed E-state index contributed by atoms with van der Waals surface area (Å²) < 4.78 is 13.8. The third kappa shape index (κ3) is 1.84. The van der Waals surface area contributed by atoms with E-state index in [9.17, 15) is 19.6 Å². The molecule has 3 rings (SSSR count). The van der Waals surface area contributed by atoms with Gasteiger partial charge in [-0.3, -0.25) is 4.79 Å². The van der Waals surface area contributed by atoms with E-state index in [0.717, 1.165) is 11.5 Å². The van der Waals surface area contributed by atoms with Crippen LogP contribution in [0.1, 0.15) is 45.1 Å². The standard InChI is InChI=1S/C16H19FN2O3/c1-15(2)14(11-6-8-12(17)9-7-11)18(21)16(19(15)22)10-4-3-5-13(16)20/h6-9,22H,3-5,10H2,1-2H3/t16-/m1/s1. The number of Topliss-reactive ketones (excluding diaryl/α,β-unsaturated/α-hetero) is 1. The Morgan fingerprint density at radius 2 is 1.91 bits per heavy atom. The summed E-state index contributed by atoms with van der Waals surface area (Å²) in [5.41, 5.74) is -1.79. The van der Waals surface area contributed by atoms with Gasteiger partial charge in [0.15, 0.2) is 0 Å². The van der Waals surface area contributed by atoms with E-state index in [-0.39, 0.29) is 17.9 Å². The fourth-order valence-electron chi connectivity index (χ4n) is 3.60. The van der Waals surface area contributed by atoms with Crippen LogP contribution in [0.5, 0.6) is 0 Å². The minimum absolute atomic E-state index is 0.263. The zero-order valence-electron chi connectivity index (χ0n) is 12.7. The first-order valence-corrected chi connectivity index (χ1v) is 7.45. The summed E-state index contributed by atoms with van der Waals surface area (Å²) in [6, 6.07) is 5.53.